The highest BCUT2D eigenvalue weighted by atomic mass is 16.2. The standard InChI is InChI=1S/C20H21N3O2/c1-3-11-23(14-17-9-7-16(13-21)8-10-17)20(25)18-5-4-6-19(12-18)22-15(2)24/h4-10,12H,3,11,14H2,1-2H3,(H,22,24). The first-order valence-corrected chi connectivity index (χ1v) is 8.19. The van der Waals surface area contributed by atoms with Gasteiger partial charge in [-0.1, -0.05) is 25.1 Å². The normalized spacial score (nSPS) is 9.96. The predicted molar refractivity (Wildman–Crippen MR) is 96.9 cm³/mol. The van der Waals surface area contributed by atoms with Crippen molar-refractivity contribution >= 4 is 17.5 Å². The van der Waals surface area contributed by atoms with Gasteiger partial charge in [0.2, 0.25) is 5.91 Å². The van der Waals surface area contributed by atoms with E-state index in [1.165, 1.54) is 6.92 Å². The van der Waals surface area contributed by atoms with Crippen LogP contribution in [0.1, 0.15) is 41.8 Å². The molecule has 2 amide bonds. The first-order chi connectivity index (χ1) is 12.0. The number of nitriles is 1. The Labute approximate surface area is 147 Å². The third kappa shape index (κ3) is 5.18. The minimum atomic E-state index is -0.174. The molecule has 0 saturated carbocycles. The van der Waals surface area contributed by atoms with Gasteiger partial charge < -0.3 is 10.2 Å². The van der Waals surface area contributed by atoms with E-state index >= 15 is 0 Å². The molecular formula is C20H21N3O2. The van der Waals surface area contributed by atoms with E-state index in [1.807, 2.05) is 19.1 Å². The SMILES string of the molecule is CCCN(Cc1ccc(C#N)cc1)C(=O)c1cccc(NC(C)=O)c1. The van der Waals surface area contributed by atoms with E-state index in [9.17, 15) is 9.59 Å². The monoisotopic (exact) mass is 335 g/mol. The number of hydrogen-bond donors (Lipinski definition) is 1. The van der Waals surface area contributed by atoms with Crippen molar-refractivity contribution in [2.45, 2.75) is 26.8 Å². The van der Waals surface area contributed by atoms with Gasteiger partial charge in [0.15, 0.2) is 0 Å². The molecule has 0 radical (unpaired) electrons. The van der Waals surface area contributed by atoms with Crippen LogP contribution in [0.3, 0.4) is 0 Å². The first kappa shape index (κ1) is 18.2. The van der Waals surface area contributed by atoms with Crippen LogP contribution < -0.4 is 5.32 Å². The van der Waals surface area contributed by atoms with Crippen LogP contribution in [-0.4, -0.2) is 23.3 Å². The maximum atomic E-state index is 12.9. The van der Waals surface area contributed by atoms with Gasteiger partial charge in [0.1, 0.15) is 0 Å². The number of carbonyl (C=O) groups excluding carboxylic acids is 2. The minimum absolute atomic E-state index is 0.0848. The summed E-state index contributed by atoms with van der Waals surface area (Å²) in [5.41, 5.74) is 2.71. The van der Waals surface area contributed by atoms with Gasteiger partial charge in [-0.25, -0.2) is 0 Å². The van der Waals surface area contributed by atoms with Gasteiger partial charge in [-0.3, -0.25) is 9.59 Å². The lowest BCUT2D eigenvalue weighted by molar-refractivity contribution is -0.114. The molecule has 2 rings (SSSR count). The van der Waals surface area contributed by atoms with Crippen LogP contribution in [0.4, 0.5) is 5.69 Å². The van der Waals surface area contributed by atoms with Gasteiger partial charge in [0, 0.05) is 31.3 Å². The van der Waals surface area contributed by atoms with Gasteiger partial charge in [0.05, 0.1) is 11.6 Å². The van der Waals surface area contributed by atoms with E-state index in [0.717, 1.165) is 12.0 Å². The summed E-state index contributed by atoms with van der Waals surface area (Å²) in [6, 6.07) is 16.3. The van der Waals surface area contributed by atoms with E-state index in [2.05, 4.69) is 11.4 Å². The molecule has 0 aliphatic carbocycles. The third-order valence-electron chi connectivity index (χ3n) is 3.67. The molecule has 128 valence electrons. The largest absolute Gasteiger partial charge is 0.334 e. The van der Waals surface area contributed by atoms with Crippen molar-refractivity contribution in [2.24, 2.45) is 0 Å². The van der Waals surface area contributed by atoms with Crippen molar-refractivity contribution in [2.75, 3.05) is 11.9 Å². The molecule has 5 nitrogen and oxygen atoms in total. The van der Waals surface area contributed by atoms with E-state index in [1.54, 1.807) is 41.3 Å². The van der Waals surface area contributed by atoms with Crippen LogP contribution in [0.15, 0.2) is 48.5 Å². The Hall–Kier alpha value is -3.13. The Balaban J connectivity index is 2.19. The van der Waals surface area contributed by atoms with Crippen LogP contribution in [0.25, 0.3) is 0 Å². The zero-order valence-corrected chi connectivity index (χ0v) is 14.5. The van der Waals surface area contributed by atoms with Crippen molar-refractivity contribution in [1.82, 2.24) is 4.90 Å². The molecule has 0 aliphatic rings. The molecule has 0 bridgehead atoms. The number of nitrogens with zero attached hydrogens (tertiary/aromatic N) is 2. The van der Waals surface area contributed by atoms with Crippen LogP contribution in [-0.2, 0) is 11.3 Å². The maximum Gasteiger partial charge on any atom is 0.254 e. The summed E-state index contributed by atoms with van der Waals surface area (Å²) >= 11 is 0. The number of benzene rings is 2. The second kappa shape index (κ2) is 8.65. The summed E-state index contributed by atoms with van der Waals surface area (Å²) in [5.74, 6) is -0.258. The maximum absolute atomic E-state index is 12.9. The van der Waals surface area contributed by atoms with E-state index in [0.29, 0.717) is 29.9 Å². The number of hydrogen-bond acceptors (Lipinski definition) is 3. The van der Waals surface area contributed by atoms with Gasteiger partial charge in [-0.2, -0.15) is 5.26 Å². The Morgan fingerprint density at radius 3 is 2.48 bits per heavy atom. The fourth-order valence-corrected chi connectivity index (χ4v) is 2.54. The van der Waals surface area contributed by atoms with Crippen molar-refractivity contribution in [3.8, 4) is 6.07 Å². The molecule has 0 heterocycles. The van der Waals surface area contributed by atoms with Gasteiger partial charge in [0.25, 0.3) is 5.91 Å². The summed E-state index contributed by atoms with van der Waals surface area (Å²) in [4.78, 5) is 25.8. The Kier molecular flexibility index (Phi) is 6.30. The van der Waals surface area contributed by atoms with E-state index in [4.69, 9.17) is 5.26 Å². The quantitative estimate of drug-likeness (QED) is 0.877. The lowest BCUT2D eigenvalue weighted by atomic mass is 10.1. The minimum Gasteiger partial charge on any atom is -0.334 e. The van der Waals surface area contributed by atoms with Crippen LogP contribution in [0, 0.1) is 11.3 Å². The molecule has 0 unspecified atom stereocenters. The fourth-order valence-electron chi connectivity index (χ4n) is 2.54. The molecule has 2 aromatic carbocycles. The first-order valence-electron chi connectivity index (χ1n) is 8.19. The molecule has 25 heavy (non-hydrogen) atoms. The average Bonchev–Trinajstić information content (AvgIpc) is 2.61. The second-order valence-electron chi connectivity index (χ2n) is 5.80. The highest BCUT2D eigenvalue weighted by molar-refractivity contribution is 5.96. The zero-order valence-electron chi connectivity index (χ0n) is 14.5. The van der Waals surface area contributed by atoms with Gasteiger partial charge in [-0.15, -0.1) is 0 Å². The summed E-state index contributed by atoms with van der Waals surface area (Å²) in [7, 11) is 0. The molecule has 1 N–H and O–H groups in total. The van der Waals surface area contributed by atoms with Crippen LogP contribution in [0.2, 0.25) is 0 Å². The van der Waals surface area contributed by atoms with Gasteiger partial charge in [-0.05, 0) is 42.3 Å². The lowest BCUT2D eigenvalue weighted by Crippen LogP contribution is -2.31. The highest BCUT2D eigenvalue weighted by Gasteiger charge is 2.16. The lowest BCUT2D eigenvalue weighted by Gasteiger charge is -2.22. The van der Waals surface area contributed by atoms with Crippen LogP contribution >= 0.6 is 0 Å². The number of amides is 2. The van der Waals surface area contributed by atoms with Crippen molar-refractivity contribution in [1.29, 1.82) is 5.26 Å². The topological polar surface area (TPSA) is 73.2 Å². The Bertz CT molecular complexity index is 791. The molecule has 0 atom stereocenters. The summed E-state index contributed by atoms with van der Waals surface area (Å²) in [5, 5.41) is 11.6. The van der Waals surface area contributed by atoms with Gasteiger partial charge >= 0.3 is 0 Å². The van der Waals surface area contributed by atoms with Crippen LogP contribution in [0.5, 0.6) is 0 Å². The van der Waals surface area contributed by atoms with E-state index < -0.39 is 0 Å². The average molecular weight is 335 g/mol. The molecule has 0 saturated heterocycles. The van der Waals surface area contributed by atoms with Crippen molar-refractivity contribution in [3.05, 3.63) is 65.2 Å². The molecular weight excluding hydrogens is 314 g/mol. The number of rotatable bonds is 6. The summed E-state index contributed by atoms with van der Waals surface area (Å²) in [6.45, 7) is 4.56. The molecule has 0 aliphatic heterocycles. The second-order valence-corrected chi connectivity index (χ2v) is 5.80. The molecule has 5 heteroatoms. The zero-order chi connectivity index (χ0) is 18.2. The number of nitrogens with one attached hydrogen (secondary N) is 1. The summed E-state index contributed by atoms with van der Waals surface area (Å²) in [6.07, 6.45) is 0.841. The van der Waals surface area contributed by atoms with Crippen molar-refractivity contribution < 1.29 is 9.59 Å². The molecule has 0 fully saturated rings. The highest BCUT2D eigenvalue weighted by Crippen LogP contribution is 2.15. The van der Waals surface area contributed by atoms with E-state index in [-0.39, 0.29) is 11.8 Å². The van der Waals surface area contributed by atoms with Crippen molar-refractivity contribution in [3.63, 3.8) is 0 Å². The molecule has 0 aromatic heterocycles. The predicted octanol–water partition coefficient (Wildman–Crippen LogP) is 3.57. The Morgan fingerprint density at radius 2 is 1.88 bits per heavy atom. The molecule has 0 spiro atoms. The fraction of sp³-hybridized carbons (Fsp3) is 0.250. The smallest absolute Gasteiger partial charge is 0.254 e. The number of carbonyl (C=O) groups is 2. The third-order valence-corrected chi connectivity index (χ3v) is 3.67. The Morgan fingerprint density at radius 1 is 1.16 bits per heavy atom. The number of anilines is 1. The summed E-state index contributed by atoms with van der Waals surface area (Å²) < 4.78 is 0. The molecule has 2 aromatic rings.